The van der Waals surface area contributed by atoms with E-state index in [1.54, 1.807) is 7.11 Å². The lowest BCUT2D eigenvalue weighted by Crippen LogP contribution is -2.26. The summed E-state index contributed by atoms with van der Waals surface area (Å²) in [6.45, 7) is 1.13. The standard InChI is InChI=1S/C17H27NOS/c1-19-15-10-9-14-7-6-8-17(16(14)13-15)18-11-4-3-5-12-20-2/h9-10,13,17-18H,3-8,11-12H2,1-2H3. The molecule has 1 aliphatic carbocycles. The van der Waals surface area contributed by atoms with Gasteiger partial charge in [-0.25, -0.2) is 0 Å². The van der Waals surface area contributed by atoms with Crippen LogP contribution >= 0.6 is 11.8 Å². The average molecular weight is 293 g/mol. The first-order valence-electron chi connectivity index (χ1n) is 7.74. The minimum absolute atomic E-state index is 0.523. The maximum absolute atomic E-state index is 5.37. The van der Waals surface area contributed by atoms with Gasteiger partial charge in [0.05, 0.1) is 7.11 Å². The molecule has 1 aliphatic rings. The molecule has 1 N–H and O–H groups in total. The SMILES string of the molecule is COc1ccc2c(c1)C(NCCCCCSC)CCC2. The Bertz CT molecular complexity index is 408. The molecule has 0 fully saturated rings. The summed E-state index contributed by atoms with van der Waals surface area (Å²) in [7, 11) is 1.75. The van der Waals surface area contributed by atoms with Gasteiger partial charge in [-0.2, -0.15) is 11.8 Å². The molecule has 0 saturated heterocycles. The molecule has 3 heteroatoms. The van der Waals surface area contributed by atoms with Crippen LogP contribution in [0.15, 0.2) is 18.2 Å². The van der Waals surface area contributed by atoms with Crippen LogP contribution in [0.25, 0.3) is 0 Å². The van der Waals surface area contributed by atoms with E-state index in [0.717, 1.165) is 12.3 Å². The summed E-state index contributed by atoms with van der Waals surface area (Å²) in [4.78, 5) is 0. The Morgan fingerprint density at radius 3 is 3.00 bits per heavy atom. The predicted molar refractivity (Wildman–Crippen MR) is 88.9 cm³/mol. The van der Waals surface area contributed by atoms with Crippen LogP contribution < -0.4 is 10.1 Å². The second kappa shape index (κ2) is 8.58. The average Bonchev–Trinajstić information content (AvgIpc) is 2.50. The van der Waals surface area contributed by atoms with Crippen molar-refractivity contribution in [3.63, 3.8) is 0 Å². The van der Waals surface area contributed by atoms with E-state index < -0.39 is 0 Å². The summed E-state index contributed by atoms with van der Waals surface area (Å²) in [5.74, 6) is 2.28. The highest BCUT2D eigenvalue weighted by molar-refractivity contribution is 7.98. The molecule has 1 unspecified atom stereocenters. The van der Waals surface area contributed by atoms with Crippen molar-refractivity contribution < 1.29 is 4.74 Å². The second-order valence-electron chi connectivity index (χ2n) is 5.52. The van der Waals surface area contributed by atoms with Gasteiger partial charge in [0.1, 0.15) is 5.75 Å². The third kappa shape index (κ3) is 4.42. The van der Waals surface area contributed by atoms with Crippen molar-refractivity contribution in [3.05, 3.63) is 29.3 Å². The number of thioether (sulfide) groups is 1. The van der Waals surface area contributed by atoms with Gasteiger partial charge < -0.3 is 10.1 Å². The van der Waals surface area contributed by atoms with Crippen molar-refractivity contribution in [2.45, 2.75) is 44.6 Å². The van der Waals surface area contributed by atoms with Crippen molar-refractivity contribution in [3.8, 4) is 5.75 Å². The number of aryl methyl sites for hydroxylation is 1. The zero-order chi connectivity index (χ0) is 14.2. The van der Waals surface area contributed by atoms with E-state index in [1.807, 2.05) is 11.8 Å². The molecule has 0 bridgehead atoms. The van der Waals surface area contributed by atoms with E-state index in [4.69, 9.17) is 4.74 Å². The topological polar surface area (TPSA) is 21.3 Å². The first-order chi connectivity index (χ1) is 9.85. The van der Waals surface area contributed by atoms with Gasteiger partial charge in [0, 0.05) is 6.04 Å². The Morgan fingerprint density at radius 1 is 1.30 bits per heavy atom. The molecule has 1 atom stereocenters. The van der Waals surface area contributed by atoms with Gasteiger partial charge in [-0.1, -0.05) is 12.5 Å². The van der Waals surface area contributed by atoms with E-state index in [1.165, 1.54) is 55.4 Å². The lowest BCUT2D eigenvalue weighted by atomic mass is 9.87. The molecule has 0 heterocycles. The smallest absolute Gasteiger partial charge is 0.119 e. The van der Waals surface area contributed by atoms with Crippen molar-refractivity contribution >= 4 is 11.8 Å². The highest BCUT2D eigenvalue weighted by Crippen LogP contribution is 2.32. The summed E-state index contributed by atoms with van der Waals surface area (Å²) in [6.07, 6.45) is 9.92. The number of benzene rings is 1. The number of methoxy groups -OCH3 is 1. The van der Waals surface area contributed by atoms with Gasteiger partial charge in [-0.3, -0.25) is 0 Å². The zero-order valence-electron chi connectivity index (χ0n) is 12.8. The monoisotopic (exact) mass is 293 g/mol. The molecule has 0 radical (unpaired) electrons. The van der Waals surface area contributed by atoms with E-state index in [2.05, 4.69) is 29.8 Å². The Labute approximate surface area is 127 Å². The summed E-state index contributed by atoms with van der Waals surface area (Å²) in [6, 6.07) is 7.07. The predicted octanol–water partition coefficient (Wildman–Crippen LogP) is 4.20. The molecule has 0 aliphatic heterocycles. The highest BCUT2D eigenvalue weighted by Gasteiger charge is 2.19. The van der Waals surface area contributed by atoms with Crippen LogP contribution in [-0.4, -0.2) is 25.7 Å². The Kier molecular flexibility index (Phi) is 6.74. The Hall–Kier alpha value is -0.670. The third-order valence-corrected chi connectivity index (χ3v) is 4.78. The van der Waals surface area contributed by atoms with Gasteiger partial charge in [-0.15, -0.1) is 0 Å². The largest absolute Gasteiger partial charge is 0.497 e. The van der Waals surface area contributed by atoms with Crippen LogP contribution in [0.4, 0.5) is 0 Å². The molecule has 112 valence electrons. The first kappa shape index (κ1) is 15.7. The van der Waals surface area contributed by atoms with E-state index in [9.17, 15) is 0 Å². The zero-order valence-corrected chi connectivity index (χ0v) is 13.6. The van der Waals surface area contributed by atoms with Crippen molar-refractivity contribution in [2.24, 2.45) is 0 Å². The molecule has 0 aromatic heterocycles. The molecule has 1 aromatic carbocycles. The van der Waals surface area contributed by atoms with Crippen LogP contribution in [0.1, 0.15) is 49.3 Å². The molecule has 1 aromatic rings. The van der Waals surface area contributed by atoms with Crippen LogP contribution in [0.2, 0.25) is 0 Å². The summed E-state index contributed by atoms with van der Waals surface area (Å²) < 4.78 is 5.37. The first-order valence-corrected chi connectivity index (χ1v) is 9.13. The molecule has 0 spiro atoms. The van der Waals surface area contributed by atoms with Crippen molar-refractivity contribution in [1.82, 2.24) is 5.32 Å². The molecule has 0 amide bonds. The van der Waals surface area contributed by atoms with Crippen LogP contribution in [0.5, 0.6) is 5.75 Å². The maximum atomic E-state index is 5.37. The lowest BCUT2D eigenvalue weighted by Gasteiger charge is -2.27. The Morgan fingerprint density at radius 2 is 2.20 bits per heavy atom. The van der Waals surface area contributed by atoms with E-state index in [0.29, 0.717) is 6.04 Å². The van der Waals surface area contributed by atoms with Gasteiger partial charge in [0.2, 0.25) is 0 Å². The number of fused-ring (bicyclic) bond motifs is 1. The second-order valence-corrected chi connectivity index (χ2v) is 6.50. The van der Waals surface area contributed by atoms with Gasteiger partial charge in [0.25, 0.3) is 0 Å². The summed E-state index contributed by atoms with van der Waals surface area (Å²) in [5, 5.41) is 3.74. The number of hydrogen-bond donors (Lipinski definition) is 1. The number of nitrogens with one attached hydrogen (secondary N) is 1. The van der Waals surface area contributed by atoms with Gasteiger partial charge >= 0.3 is 0 Å². The van der Waals surface area contributed by atoms with Gasteiger partial charge in [0.15, 0.2) is 0 Å². The minimum atomic E-state index is 0.523. The summed E-state index contributed by atoms with van der Waals surface area (Å²) in [5.41, 5.74) is 2.96. The normalized spacial score (nSPS) is 17.8. The molecule has 0 saturated carbocycles. The van der Waals surface area contributed by atoms with Crippen molar-refractivity contribution in [2.75, 3.05) is 25.7 Å². The number of hydrogen-bond acceptors (Lipinski definition) is 3. The lowest BCUT2D eigenvalue weighted by molar-refractivity contribution is 0.408. The number of unbranched alkanes of at least 4 members (excludes halogenated alkanes) is 2. The minimum Gasteiger partial charge on any atom is -0.497 e. The fraction of sp³-hybridized carbons (Fsp3) is 0.647. The maximum Gasteiger partial charge on any atom is 0.119 e. The van der Waals surface area contributed by atoms with Gasteiger partial charge in [-0.05, 0) is 73.9 Å². The molecular formula is C17H27NOS. The fourth-order valence-electron chi connectivity index (χ4n) is 2.94. The van der Waals surface area contributed by atoms with E-state index in [-0.39, 0.29) is 0 Å². The molecule has 20 heavy (non-hydrogen) atoms. The fourth-order valence-corrected chi connectivity index (χ4v) is 3.43. The molecule has 2 nitrogen and oxygen atoms in total. The van der Waals surface area contributed by atoms with Crippen LogP contribution in [0, 0.1) is 0 Å². The molecular weight excluding hydrogens is 266 g/mol. The highest BCUT2D eigenvalue weighted by atomic mass is 32.2. The molecule has 2 rings (SSSR count). The Balaban J connectivity index is 1.84. The third-order valence-electron chi connectivity index (χ3n) is 4.08. The number of rotatable bonds is 8. The quantitative estimate of drug-likeness (QED) is 0.726. The van der Waals surface area contributed by atoms with Crippen LogP contribution in [0.3, 0.4) is 0 Å². The summed E-state index contributed by atoms with van der Waals surface area (Å²) >= 11 is 1.95. The van der Waals surface area contributed by atoms with Crippen LogP contribution in [-0.2, 0) is 6.42 Å². The van der Waals surface area contributed by atoms with Crippen molar-refractivity contribution in [1.29, 1.82) is 0 Å². The van der Waals surface area contributed by atoms with E-state index >= 15 is 0 Å². The number of ether oxygens (including phenoxy) is 1.